The Bertz CT molecular complexity index is 806. The van der Waals surface area contributed by atoms with E-state index in [2.05, 4.69) is 5.32 Å². The normalized spacial score (nSPS) is 21.9. The van der Waals surface area contributed by atoms with Gasteiger partial charge in [0.05, 0.1) is 0 Å². The maximum atomic E-state index is 13.3. The summed E-state index contributed by atoms with van der Waals surface area (Å²) in [5, 5.41) is 3.46. The number of amides is 3. The highest BCUT2D eigenvalue weighted by Gasteiger charge is 2.39. The molecule has 3 amide bonds. The molecule has 1 N–H and O–H groups in total. The molecule has 2 heterocycles. The Balaban J connectivity index is 1.57. The zero-order valence-electron chi connectivity index (χ0n) is 18.5. The SMILES string of the molecule is CC(C)(C)OC(=O)NC[C@H]1CCCN(C(=O)[C@@H]2CCC(=O)N2Cc2ccc(Cl)cc2)C1. The van der Waals surface area contributed by atoms with Crippen LogP contribution in [0.5, 0.6) is 0 Å². The van der Waals surface area contributed by atoms with Crippen molar-refractivity contribution in [2.24, 2.45) is 5.92 Å². The minimum atomic E-state index is -0.540. The molecule has 0 aliphatic carbocycles. The first kappa shape index (κ1) is 23.4. The van der Waals surface area contributed by atoms with Crippen LogP contribution in [0.3, 0.4) is 0 Å². The molecule has 2 fully saturated rings. The Morgan fingerprint density at radius 1 is 1.19 bits per heavy atom. The molecule has 0 unspecified atom stereocenters. The topological polar surface area (TPSA) is 79.0 Å². The van der Waals surface area contributed by atoms with Crippen LogP contribution in [-0.4, -0.2) is 59.0 Å². The summed E-state index contributed by atoms with van der Waals surface area (Å²) in [6, 6.07) is 6.92. The van der Waals surface area contributed by atoms with Crippen LogP contribution < -0.4 is 5.32 Å². The van der Waals surface area contributed by atoms with Gasteiger partial charge in [0.15, 0.2) is 0 Å². The van der Waals surface area contributed by atoms with E-state index >= 15 is 0 Å². The Hall–Kier alpha value is -2.28. The number of ether oxygens (including phenoxy) is 1. The highest BCUT2D eigenvalue weighted by atomic mass is 35.5. The number of piperidine rings is 1. The zero-order chi connectivity index (χ0) is 22.6. The van der Waals surface area contributed by atoms with E-state index in [4.69, 9.17) is 16.3 Å². The maximum absolute atomic E-state index is 13.3. The van der Waals surface area contributed by atoms with Crippen LogP contribution in [0, 0.1) is 5.92 Å². The number of likely N-dealkylation sites (tertiary alicyclic amines) is 2. The summed E-state index contributed by atoms with van der Waals surface area (Å²) in [5.74, 6) is 0.183. The number of benzene rings is 1. The lowest BCUT2D eigenvalue weighted by atomic mass is 9.97. The highest BCUT2D eigenvalue weighted by molar-refractivity contribution is 6.30. The molecule has 0 aromatic heterocycles. The van der Waals surface area contributed by atoms with Crippen LogP contribution in [0.15, 0.2) is 24.3 Å². The first-order chi connectivity index (χ1) is 14.6. The van der Waals surface area contributed by atoms with Gasteiger partial charge in [-0.05, 0) is 63.6 Å². The van der Waals surface area contributed by atoms with Crippen molar-refractivity contribution in [2.75, 3.05) is 19.6 Å². The van der Waals surface area contributed by atoms with Crippen molar-refractivity contribution in [1.29, 1.82) is 0 Å². The lowest BCUT2D eigenvalue weighted by Gasteiger charge is -2.36. The molecular weight excluding hydrogens is 418 g/mol. The largest absolute Gasteiger partial charge is 0.444 e. The summed E-state index contributed by atoms with van der Waals surface area (Å²) < 4.78 is 5.29. The van der Waals surface area contributed by atoms with E-state index in [9.17, 15) is 14.4 Å². The molecule has 2 saturated heterocycles. The van der Waals surface area contributed by atoms with Gasteiger partial charge in [-0.1, -0.05) is 23.7 Å². The average molecular weight is 450 g/mol. The summed E-state index contributed by atoms with van der Waals surface area (Å²) in [7, 11) is 0. The van der Waals surface area contributed by atoms with Gasteiger partial charge >= 0.3 is 6.09 Å². The predicted molar refractivity (Wildman–Crippen MR) is 119 cm³/mol. The molecule has 3 rings (SSSR count). The van der Waals surface area contributed by atoms with Crippen molar-refractivity contribution in [3.8, 4) is 0 Å². The van der Waals surface area contributed by atoms with Gasteiger partial charge in [-0.2, -0.15) is 0 Å². The van der Waals surface area contributed by atoms with Crippen molar-refractivity contribution >= 4 is 29.5 Å². The number of hydrogen-bond donors (Lipinski definition) is 1. The number of carbonyl (C=O) groups excluding carboxylic acids is 3. The van der Waals surface area contributed by atoms with Gasteiger partial charge in [-0.25, -0.2) is 4.79 Å². The molecule has 1 aromatic carbocycles. The minimum Gasteiger partial charge on any atom is -0.444 e. The molecule has 2 aliphatic rings. The van der Waals surface area contributed by atoms with E-state index in [1.165, 1.54) is 0 Å². The Morgan fingerprint density at radius 2 is 1.90 bits per heavy atom. The highest BCUT2D eigenvalue weighted by Crippen LogP contribution is 2.26. The summed E-state index contributed by atoms with van der Waals surface area (Å²) >= 11 is 5.95. The second-order valence-corrected chi connectivity index (χ2v) is 9.81. The van der Waals surface area contributed by atoms with Crippen LogP contribution in [0.25, 0.3) is 0 Å². The standard InChI is InChI=1S/C23H32ClN3O4/c1-23(2,3)31-22(30)25-13-17-5-4-12-26(14-17)21(29)19-10-11-20(28)27(19)15-16-6-8-18(24)9-7-16/h6-9,17,19H,4-5,10-15H2,1-3H3,(H,25,30)/t17-,19+/m1/s1. The first-order valence-corrected chi connectivity index (χ1v) is 11.3. The van der Waals surface area contributed by atoms with Gasteiger partial charge in [0.1, 0.15) is 11.6 Å². The molecule has 2 atom stereocenters. The van der Waals surface area contributed by atoms with Crippen LogP contribution in [0.2, 0.25) is 5.02 Å². The average Bonchev–Trinajstić information content (AvgIpc) is 3.07. The van der Waals surface area contributed by atoms with Crippen LogP contribution in [0.4, 0.5) is 4.79 Å². The quantitative estimate of drug-likeness (QED) is 0.744. The smallest absolute Gasteiger partial charge is 0.407 e. The Kier molecular flexibility index (Phi) is 7.46. The lowest BCUT2D eigenvalue weighted by molar-refractivity contribution is -0.143. The summed E-state index contributed by atoms with van der Waals surface area (Å²) in [6.07, 6.45) is 2.32. The molecule has 170 valence electrons. The van der Waals surface area contributed by atoms with Gasteiger partial charge in [0.25, 0.3) is 0 Å². The summed E-state index contributed by atoms with van der Waals surface area (Å²) in [6.45, 7) is 7.61. The zero-order valence-corrected chi connectivity index (χ0v) is 19.3. The number of rotatable bonds is 5. The molecule has 31 heavy (non-hydrogen) atoms. The number of hydrogen-bond acceptors (Lipinski definition) is 4. The molecule has 2 aliphatic heterocycles. The van der Waals surface area contributed by atoms with E-state index in [0.717, 1.165) is 18.4 Å². The van der Waals surface area contributed by atoms with Crippen LogP contribution in [0.1, 0.15) is 52.0 Å². The molecule has 0 bridgehead atoms. The molecule has 0 saturated carbocycles. The van der Waals surface area contributed by atoms with Gasteiger partial charge in [0.2, 0.25) is 11.8 Å². The lowest BCUT2D eigenvalue weighted by Crippen LogP contribution is -2.51. The van der Waals surface area contributed by atoms with Gasteiger partial charge in [0, 0.05) is 37.6 Å². The third-order valence-corrected chi connectivity index (χ3v) is 5.90. The first-order valence-electron chi connectivity index (χ1n) is 10.9. The molecular formula is C23H32ClN3O4. The van der Waals surface area contributed by atoms with Gasteiger partial charge in [-0.15, -0.1) is 0 Å². The summed E-state index contributed by atoms with van der Waals surface area (Å²) in [5.41, 5.74) is 0.414. The number of halogens is 1. The van der Waals surface area contributed by atoms with Crippen molar-refractivity contribution in [2.45, 2.75) is 64.6 Å². The molecule has 1 aromatic rings. The Labute approximate surface area is 189 Å². The summed E-state index contributed by atoms with van der Waals surface area (Å²) in [4.78, 5) is 41.2. The van der Waals surface area contributed by atoms with E-state index in [1.807, 2.05) is 37.8 Å². The molecule has 0 radical (unpaired) electrons. The third-order valence-electron chi connectivity index (χ3n) is 5.64. The van der Waals surface area contributed by atoms with E-state index in [-0.39, 0.29) is 17.7 Å². The van der Waals surface area contributed by atoms with Crippen molar-refractivity contribution in [3.63, 3.8) is 0 Å². The fourth-order valence-corrected chi connectivity index (χ4v) is 4.29. The Morgan fingerprint density at radius 3 is 2.58 bits per heavy atom. The molecule has 7 nitrogen and oxygen atoms in total. The van der Waals surface area contributed by atoms with E-state index in [0.29, 0.717) is 44.0 Å². The fraction of sp³-hybridized carbons (Fsp3) is 0.609. The van der Waals surface area contributed by atoms with Gasteiger partial charge in [-0.3, -0.25) is 9.59 Å². The number of nitrogens with one attached hydrogen (secondary N) is 1. The maximum Gasteiger partial charge on any atom is 0.407 e. The predicted octanol–water partition coefficient (Wildman–Crippen LogP) is 3.59. The minimum absolute atomic E-state index is 0.00165. The van der Waals surface area contributed by atoms with Crippen molar-refractivity contribution < 1.29 is 19.1 Å². The third kappa shape index (κ3) is 6.60. The molecule has 0 spiro atoms. The van der Waals surface area contributed by atoms with Crippen molar-refractivity contribution in [3.05, 3.63) is 34.9 Å². The van der Waals surface area contributed by atoms with E-state index < -0.39 is 17.7 Å². The van der Waals surface area contributed by atoms with E-state index in [1.54, 1.807) is 17.0 Å². The monoisotopic (exact) mass is 449 g/mol. The fourth-order valence-electron chi connectivity index (χ4n) is 4.16. The number of alkyl carbamates (subject to hydrolysis) is 1. The second kappa shape index (κ2) is 9.90. The number of nitrogens with zero attached hydrogens (tertiary/aromatic N) is 2. The number of carbonyl (C=O) groups is 3. The molecule has 8 heteroatoms. The van der Waals surface area contributed by atoms with Crippen LogP contribution >= 0.6 is 11.6 Å². The van der Waals surface area contributed by atoms with Crippen LogP contribution in [-0.2, 0) is 20.9 Å². The second-order valence-electron chi connectivity index (χ2n) is 9.38. The van der Waals surface area contributed by atoms with Crippen molar-refractivity contribution in [1.82, 2.24) is 15.1 Å². The van der Waals surface area contributed by atoms with Gasteiger partial charge < -0.3 is 19.9 Å².